The first-order chi connectivity index (χ1) is 10.0. The molecule has 1 aromatic carbocycles. The molecule has 110 valence electrons. The smallest absolute Gasteiger partial charge is 0.139 e. The van der Waals surface area contributed by atoms with Crippen molar-refractivity contribution in [2.45, 2.75) is 38.8 Å². The van der Waals surface area contributed by atoms with Crippen molar-refractivity contribution in [3.8, 4) is 5.75 Å². The van der Waals surface area contributed by atoms with Crippen LogP contribution >= 0.6 is 0 Å². The SMILES string of the molecule is CC(C)(C)NCc1cnc(C2COc3ccccc32)nc1. The molecular formula is C17H21N3O. The normalized spacial score (nSPS) is 17.4. The van der Waals surface area contributed by atoms with Crippen LogP contribution in [0, 0.1) is 0 Å². The Balaban J connectivity index is 1.74. The number of para-hydroxylation sites is 1. The van der Waals surface area contributed by atoms with Crippen LogP contribution in [-0.2, 0) is 6.54 Å². The summed E-state index contributed by atoms with van der Waals surface area (Å²) in [7, 11) is 0. The van der Waals surface area contributed by atoms with Crippen molar-refractivity contribution in [3.63, 3.8) is 0 Å². The molecule has 1 unspecified atom stereocenters. The highest BCUT2D eigenvalue weighted by Gasteiger charge is 2.27. The molecule has 1 N–H and O–H groups in total. The van der Waals surface area contributed by atoms with Gasteiger partial charge in [0.2, 0.25) is 0 Å². The van der Waals surface area contributed by atoms with E-state index < -0.39 is 0 Å². The summed E-state index contributed by atoms with van der Waals surface area (Å²) in [6.45, 7) is 7.85. The molecule has 3 rings (SSSR count). The molecule has 2 aromatic rings. The van der Waals surface area contributed by atoms with E-state index in [0.29, 0.717) is 6.61 Å². The number of nitrogens with zero attached hydrogens (tertiary/aromatic N) is 2. The second-order valence-corrected chi connectivity index (χ2v) is 6.45. The first-order valence-corrected chi connectivity index (χ1v) is 7.30. The fourth-order valence-corrected chi connectivity index (χ4v) is 2.38. The summed E-state index contributed by atoms with van der Waals surface area (Å²) in [5.74, 6) is 1.93. The Kier molecular flexibility index (Phi) is 3.64. The largest absolute Gasteiger partial charge is 0.492 e. The van der Waals surface area contributed by atoms with Gasteiger partial charge in [0.25, 0.3) is 0 Å². The van der Waals surface area contributed by atoms with Gasteiger partial charge in [0.15, 0.2) is 0 Å². The molecule has 1 atom stereocenters. The lowest BCUT2D eigenvalue weighted by molar-refractivity contribution is 0.339. The summed E-state index contributed by atoms with van der Waals surface area (Å²) >= 11 is 0. The number of hydrogen-bond donors (Lipinski definition) is 1. The lowest BCUT2D eigenvalue weighted by atomic mass is 10.0. The molecule has 0 radical (unpaired) electrons. The van der Waals surface area contributed by atoms with E-state index in [1.54, 1.807) is 0 Å². The Morgan fingerprint density at radius 3 is 2.62 bits per heavy atom. The number of fused-ring (bicyclic) bond motifs is 1. The summed E-state index contributed by atoms with van der Waals surface area (Å²) in [4.78, 5) is 9.06. The second-order valence-electron chi connectivity index (χ2n) is 6.45. The van der Waals surface area contributed by atoms with Crippen LogP contribution in [0.5, 0.6) is 5.75 Å². The minimum atomic E-state index is 0.0942. The molecule has 0 saturated heterocycles. The topological polar surface area (TPSA) is 47.0 Å². The summed E-state index contributed by atoms with van der Waals surface area (Å²) in [5.41, 5.74) is 2.37. The summed E-state index contributed by atoms with van der Waals surface area (Å²) in [5, 5.41) is 3.44. The monoisotopic (exact) mass is 283 g/mol. The maximum Gasteiger partial charge on any atom is 0.139 e. The van der Waals surface area contributed by atoms with Crippen molar-refractivity contribution in [1.82, 2.24) is 15.3 Å². The van der Waals surface area contributed by atoms with Crippen molar-refractivity contribution < 1.29 is 4.74 Å². The Morgan fingerprint density at radius 1 is 1.19 bits per heavy atom. The van der Waals surface area contributed by atoms with Crippen LogP contribution in [0.4, 0.5) is 0 Å². The third-order valence-electron chi connectivity index (χ3n) is 3.56. The van der Waals surface area contributed by atoms with Crippen molar-refractivity contribution in [2.75, 3.05) is 6.61 Å². The van der Waals surface area contributed by atoms with Crippen LogP contribution in [0.1, 0.15) is 43.6 Å². The van der Waals surface area contributed by atoms with E-state index in [-0.39, 0.29) is 11.5 Å². The number of benzene rings is 1. The third-order valence-corrected chi connectivity index (χ3v) is 3.56. The quantitative estimate of drug-likeness (QED) is 0.941. The van der Waals surface area contributed by atoms with Crippen molar-refractivity contribution in [2.24, 2.45) is 0 Å². The standard InChI is InChI=1S/C17H21N3O/c1-17(2,3)20-10-12-8-18-16(19-9-12)14-11-21-15-7-5-4-6-13(14)15/h4-9,14,20H,10-11H2,1-3H3. The van der Waals surface area contributed by atoms with Gasteiger partial charge in [-0.1, -0.05) is 18.2 Å². The van der Waals surface area contributed by atoms with Crippen molar-refractivity contribution in [1.29, 1.82) is 0 Å². The molecule has 0 amide bonds. The Morgan fingerprint density at radius 2 is 1.90 bits per heavy atom. The molecule has 0 spiro atoms. The van der Waals surface area contributed by atoms with Crippen molar-refractivity contribution >= 4 is 0 Å². The molecule has 1 aromatic heterocycles. The molecule has 0 fully saturated rings. The van der Waals surface area contributed by atoms with Gasteiger partial charge in [-0.05, 0) is 26.8 Å². The molecule has 0 saturated carbocycles. The summed E-state index contributed by atoms with van der Waals surface area (Å²) < 4.78 is 5.70. The Bertz CT molecular complexity index is 617. The predicted molar refractivity (Wildman–Crippen MR) is 82.4 cm³/mol. The average molecular weight is 283 g/mol. The molecule has 21 heavy (non-hydrogen) atoms. The van der Waals surface area contributed by atoms with E-state index in [2.05, 4.69) is 42.1 Å². The predicted octanol–water partition coefficient (Wildman–Crippen LogP) is 2.89. The number of ether oxygens (including phenoxy) is 1. The van der Waals surface area contributed by atoms with E-state index in [1.807, 2.05) is 30.6 Å². The van der Waals surface area contributed by atoms with Crippen molar-refractivity contribution in [3.05, 3.63) is 53.6 Å². The van der Waals surface area contributed by atoms with E-state index >= 15 is 0 Å². The number of hydrogen-bond acceptors (Lipinski definition) is 4. The van der Waals surface area contributed by atoms with Crippen LogP contribution in [-0.4, -0.2) is 22.1 Å². The average Bonchev–Trinajstić information content (AvgIpc) is 2.89. The van der Waals surface area contributed by atoms with Crippen LogP contribution in [0.15, 0.2) is 36.7 Å². The highest BCUT2D eigenvalue weighted by molar-refractivity contribution is 5.42. The maximum absolute atomic E-state index is 5.70. The molecule has 1 aliphatic rings. The van der Waals surface area contributed by atoms with Gasteiger partial charge in [0.1, 0.15) is 18.2 Å². The minimum absolute atomic E-state index is 0.0942. The van der Waals surface area contributed by atoms with E-state index in [1.165, 1.54) is 5.56 Å². The first kappa shape index (κ1) is 14.0. The summed E-state index contributed by atoms with van der Waals surface area (Å²) in [6.07, 6.45) is 3.81. The molecule has 2 heterocycles. The lowest BCUT2D eigenvalue weighted by Gasteiger charge is -2.20. The van der Waals surface area contributed by atoms with Gasteiger partial charge >= 0.3 is 0 Å². The van der Waals surface area contributed by atoms with Crippen LogP contribution in [0.25, 0.3) is 0 Å². The molecule has 0 aliphatic carbocycles. The zero-order valence-corrected chi connectivity index (χ0v) is 12.8. The highest BCUT2D eigenvalue weighted by atomic mass is 16.5. The minimum Gasteiger partial charge on any atom is -0.492 e. The van der Waals surface area contributed by atoms with Crippen LogP contribution in [0.3, 0.4) is 0 Å². The van der Waals surface area contributed by atoms with E-state index in [9.17, 15) is 0 Å². The van der Waals surface area contributed by atoms with E-state index in [4.69, 9.17) is 4.74 Å². The molecule has 1 aliphatic heterocycles. The molecular weight excluding hydrogens is 262 g/mol. The van der Waals surface area contributed by atoms with Gasteiger partial charge in [-0.15, -0.1) is 0 Å². The molecule has 0 bridgehead atoms. The number of nitrogens with one attached hydrogen (secondary N) is 1. The van der Waals surface area contributed by atoms with Gasteiger partial charge in [-0.25, -0.2) is 9.97 Å². The molecule has 4 nitrogen and oxygen atoms in total. The maximum atomic E-state index is 5.70. The zero-order valence-electron chi connectivity index (χ0n) is 12.8. The number of aromatic nitrogens is 2. The van der Waals surface area contributed by atoms with Gasteiger partial charge in [-0.2, -0.15) is 0 Å². The summed E-state index contributed by atoms with van der Waals surface area (Å²) in [6, 6.07) is 8.11. The zero-order chi connectivity index (χ0) is 14.9. The third kappa shape index (κ3) is 3.22. The van der Waals surface area contributed by atoms with Gasteiger partial charge in [0, 0.05) is 35.6 Å². The van der Waals surface area contributed by atoms with Crippen LogP contribution < -0.4 is 10.1 Å². The highest BCUT2D eigenvalue weighted by Crippen LogP contribution is 2.36. The van der Waals surface area contributed by atoms with Crippen LogP contribution in [0.2, 0.25) is 0 Å². The molecule has 4 heteroatoms. The lowest BCUT2D eigenvalue weighted by Crippen LogP contribution is -2.35. The fourth-order valence-electron chi connectivity index (χ4n) is 2.38. The number of rotatable bonds is 3. The fraction of sp³-hybridized carbons (Fsp3) is 0.412. The first-order valence-electron chi connectivity index (χ1n) is 7.30. The van der Waals surface area contributed by atoms with Gasteiger partial charge < -0.3 is 10.1 Å². The van der Waals surface area contributed by atoms with Gasteiger partial charge in [-0.3, -0.25) is 0 Å². The van der Waals surface area contributed by atoms with E-state index in [0.717, 1.165) is 23.7 Å². The van der Waals surface area contributed by atoms with Gasteiger partial charge in [0.05, 0.1) is 5.92 Å². The Hall–Kier alpha value is -1.94. The Labute approximate surface area is 125 Å². The second kappa shape index (κ2) is 5.45.